The molecular formula is C16H18ClN. The van der Waals surface area contributed by atoms with E-state index < -0.39 is 0 Å². The Labute approximate surface area is 114 Å². The number of hydrogen-bond acceptors (Lipinski definition) is 1. The third kappa shape index (κ3) is 2.68. The molecule has 0 fully saturated rings. The van der Waals surface area contributed by atoms with Crippen molar-refractivity contribution in [2.45, 2.75) is 26.8 Å². The molecule has 1 N–H and O–H groups in total. The maximum atomic E-state index is 6.24. The van der Waals surface area contributed by atoms with Gasteiger partial charge in [0.15, 0.2) is 0 Å². The zero-order valence-corrected chi connectivity index (χ0v) is 11.8. The Morgan fingerprint density at radius 3 is 2.28 bits per heavy atom. The standard InChI is InChI=1S/C16H18ClN/c1-11-7-4-5-9-14(11)13(3)18-16-12(2)8-6-10-15(16)17/h4-10,13,18H,1-3H3. The summed E-state index contributed by atoms with van der Waals surface area (Å²) in [5, 5.41) is 4.28. The van der Waals surface area contributed by atoms with Crippen LogP contribution in [0.5, 0.6) is 0 Å². The molecule has 1 atom stereocenters. The van der Waals surface area contributed by atoms with Crippen LogP contribution in [0.25, 0.3) is 0 Å². The van der Waals surface area contributed by atoms with Crippen LogP contribution in [0, 0.1) is 13.8 Å². The molecule has 2 aromatic rings. The van der Waals surface area contributed by atoms with Crippen LogP contribution in [0.1, 0.15) is 29.7 Å². The van der Waals surface area contributed by atoms with Crippen molar-refractivity contribution < 1.29 is 0 Å². The summed E-state index contributed by atoms with van der Waals surface area (Å²) < 4.78 is 0. The predicted molar refractivity (Wildman–Crippen MR) is 79.4 cm³/mol. The minimum atomic E-state index is 0.241. The molecule has 18 heavy (non-hydrogen) atoms. The van der Waals surface area contributed by atoms with Gasteiger partial charge in [0.2, 0.25) is 0 Å². The summed E-state index contributed by atoms with van der Waals surface area (Å²) >= 11 is 6.24. The second-order valence-corrected chi connectivity index (χ2v) is 5.06. The van der Waals surface area contributed by atoms with Gasteiger partial charge in [-0.05, 0) is 43.5 Å². The molecule has 0 bridgehead atoms. The van der Waals surface area contributed by atoms with Crippen LogP contribution in [0.4, 0.5) is 5.69 Å². The Morgan fingerprint density at radius 1 is 0.944 bits per heavy atom. The maximum absolute atomic E-state index is 6.24. The highest BCUT2D eigenvalue weighted by Gasteiger charge is 2.10. The smallest absolute Gasteiger partial charge is 0.0640 e. The van der Waals surface area contributed by atoms with Gasteiger partial charge in [0, 0.05) is 6.04 Å². The molecule has 0 heterocycles. The second-order valence-electron chi connectivity index (χ2n) is 4.65. The lowest BCUT2D eigenvalue weighted by Gasteiger charge is -2.20. The lowest BCUT2D eigenvalue weighted by molar-refractivity contribution is 0.872. The average molecular weight is 260 g/mol. The number of halogens is 1. The molecular weight excluding hydrogens is 242 g/mol. The number of benzene rings is 2. The molecule has 0 saturated heterocycles. The van der Waals surface area contributed by atoms with Crippen LogP contribution in [-0.4, -0.2) is 0 Å². The zero-order chi connectivity index (χ0) is 13.1. The van der Waals surface area contributed by atoms with Crippen LogP contribution < -0.4 is 5.32 Å². The minimum Gasteiger partial charge on any atom is -0.377 e. The number of para-hydroxylation sites is 1. The van der Waals surface area contributed by atoms with Crippen LogP contribution in [0.15, 0.2) is 42.5 Å². The largest absolute Gasteiger partial charge is 0.377 e. The van der Waals surface area contributed by atoms with Gasteiger partial charge in [-0.3, -0.25) is 0 Å². The Hall–Kier alpha value is -1.47. The number of nitrogens with one attached hydrogen (secondary N) is 1. The van der Waals surface area contributed by atoms with Gasteiger partial charge in [-0.25, -0.2) is 0 Å². The first-order valence-corrected chi connectivity index (χ1v) is 6.54. The Morgan fingerprint density at radius 2 is 1.61 bits per heavy atom. The number of anilines is 1. The van der Waals surface area contributed by atoms with Crippen molar-refractivity contribution in [3.05, 3.63) is 64.2 Å². The van der Waals surface area contributed by atoms with Crippen molar-refractivity contribution in [1.82, 2.24) is 0 Å². The molecule has 2 aromatic carbocycles. The van der Waals surface area contributed by atoms with E-state index in [1.165, 1.54) is 16.7 Å². The van der Waals surface area contributed by atoms with Gasteiger partial charge in [-0.1, -0.05) is 48.0 Å². The highest BCUT2D eigenvalue weighted by Crippen LogP contribution is 2.29. The first-order chi connectivity index (χ1) is 8.59. The summed E-state index contributed by atoms with van der Waals surface area (Å²) in [6.45, 7) is 6.36. The molecule has 2 rings (SSSR count). The van der Waals surface area contributed by atoms with E-state index in [9.17, 15) is 0 Å². The summed E-state index contributed by atoms with van der Waals surface area (Å²) in [5.74, 6) is 0. The molecule has 0 amide bonds. The molecule has 94 valence electrons. The third-order valence-corrected chi connectivity index (χ3v) is 3.55. The van der Waals surface area contributed by atoms with E-state index in [0.717, 1.165) is 10.7 Å². The predicted octanol–water partition coefficient (Wildman–Crippen LogP) is 5.13. The Balaban J connectivity index is 2.27. The Bertz CT molecular complexity index is 528. The lowest BCUT2D eigenvalue weighted by Crippen LogP contribution is -2.09. The van der Waals surface area contributed by atoms with E-state index in [1.54, 1.807) is 0 Å². The zero-order valence-electron chi connectivity index (χ0n) is 11.0. The number of aryl methyl sites for hydroxylation is 2. The quantitative estimate of drug-likeness (QED) is 0.806. The Kier molecular flexibility index (Phi) is 3.93. The minimum absolute atomic E-state index is 0.241. The second kappa shape index (κ2) is 5.45. The van der Waals surface area contributed by atoms with E-state index in [2.05, 4.69) is 56.4 Å². The monoisotopic (exact) mass is 259 g/mol. The lowest BCUT2D eigenvalue weighted by atomic mass is 10.0. The van der Waals surface area contributed by atoms with E-state index in [-0.39, 0.29) is 6.04 Å². The maximum Gasteiger partial charge on any atom is 0.0640 e. The molecule has 0 radical (unpaired) electrons. The van der Waals surface area contributed by atoms with Crippen molar-refractivity contribution in [2.75, 3.05) is 5.32 Å². The summed E-state index contributed by atoms with van der Waals surface area (Å²) in [4.78, 5) is 0. The van der Waals surface area contributed by atoms with Gasteiger partial charge in [-0.2, -0.15) is 0 Å². The van der Waals surface area contributed by atoms with Gasteiger partial charge in [0.05, 0.1) is 10.7 Å². The molecule has 0 aliphatic rings. The molecule has 0 spiro atoms. The normalized spacial score (nSPS) is 12.2. The molecule has 0 aliphatic heterocycles. The van der Waals surface area contributed by atoms with Crippen LogP contribution in [-0.2, 0) is 0 Å². The summed E-state index contributed by atoms with van der Waals surface area (Å²) in [6, 6.07) is 14.6. The number of hydrogen-bond donors (Lipinski definition) is 1. The van der Waals surface area contributed by atoms with Gasteiger partial charge in [0.1, 0.15) is 0 Å². The van der Waals surface area contributed by atoms with Gasteiger partial charge >= 0.3 is 0 Å². The molecule has 1 nitrogen and oxygen atoms in total. The van der Waals surface area contributed by atoms with Gasteiger partial charge in [-0.15, -0.1) is 0 Å². The molecule has 2 heteroatoms. The van der Waals surface area contributed by atoms with Gasteiger partial charge < -0.3 is 5.32 Å². The third-order valence-electron chi connectivity index (χ3n) is 3.24. The van der Waals surface area contributed by atoms with Crippen LogP contribution >= 0.6 is 11.6 Å². The van der Waals surface area contributed by atoms with Gasteiger partial charge in [0.25, 0.3) is 0 Å². The number of rotatable bonds is 3. The molecule has 0 saturated carbocycles. The van der Waals surface area contributed by atoms with E-state index in [0.29, 0.717) is 0 Å². The average Bonchev–Trinajstić information content (AvgIpc) is 2.34. The highest BCUT2D eigenvalue weighted by atomic mass is 35.5. The topological polar surface area (TPSA) is 12.0 Å². The van der Waals surface area contributed by atoms with E-state index in [4.69, 9.17) is 11.6 Å². The van der Waals surface area contributed by atoms with E-state index >= 15 is 0 Å². The van der Waals surface area contributed by atoms with Crippen molar-refractivity contribution >= 4 is 17.3 Å². The summed E-state index contributed by atoms with van der Waals surface area (Å²) in [7, 11) is 0. The highest BCUT2D eigenvalue weighted by molar-refractivity contribution is 6.33. The molecule has 0 aliphatic carbocycles. The molecule has 1 unspecified atom stereocenters. The van der Waals surface area contributed by atoms with Crippen molar-refractivity contribution in [3.63, 3.8) is 0 Å². The fourth-order valence-electron chi connectivity index (χ4n) is 2.18. The van der Waals surface area contributed by atoms with Crippen molar-refractivity contribution in [2.24, 2.45) is 0 Å². The summed E-state index contributed by atoms with van der Waals surface area (Å²) in [5.41, 5.74) is 4.79. The first-order valence-electron chi connectivity index (χ1n) is 6.17. The summed E-state index contributed by atoms with van der Waals surface area (Å²) in [6.07, 6.45) is 0. The van der Waals surface area contributed by atoms with Crippen molar-refractivity contribution in [3.8, 4) is 0 Å². The fraction of sp³-hybridized carbons (Fsp3) is 0.250. The van der Waals surface area contributed by atoms with Crippen LogP contribution in [0.3, 0.4) is 0 Å². The first kappa shape index (κ1) is 13.0. The SMILES string of the molecule is Cc1ccccc1C(C)Nc1c(C)cccc1Cl. The van der Waals surface area contributed by atoms with Crippen molar-refractivity contribution in [1.29, 1.82) is 0 Å². The van der Waals surface area contributed by atoms with E-state index in [1.807, 2.05) is 12.1 Å². The van der Waals surface area contributed by atoms with Crippen LogP contribution in [0.2, 0.25) is 5.02 Å². The fourth-order valence-corrected chi connectivity index (χ4v) is 2.46. The molecule has 0 aromatic heterocycles.